The summed E-state index contributed by atoms with van der Waals surface area (Å²) in [4.78, 5) is 30.0. The second-order valence-electron chi connectivity index (χ2n) is 12.2. The summed E-state index contributed by atoms with van der Waals surface area (Å²) in [5, 5.41) is 3.58. The lowest BCUT2D eigenvalue weighted by atomic mass is 10.0. The molecule has 236 valence electrons. The number of benzene rings is 4. The number of carbonyl (C=O) groups is 2. The number of rotatable bonds is 11. The Morgan fingerprint density at radius 1 is 0.800 bits per heavy atom. The third-order valence-electron chi connectivity index (χ3n) is 7.42. The minimum absolute atomic E-state index is 0.0617. The molecule has 4 aromatic rings. The molecule has 0 radical (unpaired) electrons. The van der Waals surface area contributed by atoms with Crippen LogP contribution in [0.4, 0.5) is 5.69 Å². The summed E-state index contributed by atoms with van der Waals surface area (Å²) < 4.78 is 29.4. The third-order valence-corrected chi connectivity index (χ3v) is 9.46. The Hall–Kier alpha value is -4.14. The minimum Gasteiger partial charge on any atom is -0.350 e. The first kappa shape index (κ1) is 33.7. The first-order valence-corrected chi connectivity index (χ1v) is 16.6. The molecule has 45 heavy (non-hydrogen) atoms. The maximum atomic E-state index is 14.5. The number of aryl methyl sites for hydroxylation is 2. The number of hydrogen-bond acceptors (Lipinski definition) is 4. The van der Waals surface area contributed by atoms with Crippen LogP contribution in [0.5, 0.6) is 0 Å². The number of anilines is 1. The van der Waals surface area contributed by atoms with Crippen LogP contribution in [0.1, 0.15) is 43.0 Å². The summed E-state index contributed by atoms with van der Waals surface area (Å²) in [5.41, 5.74) is 3.29. The molecule has 0 bridgehead atoms. The van der Waals surface area contributed by atoms with Gasteiger partial charge in [0.15, 0.2) is 0 Å². The Labute approximate surface area is 271 Å². The van der Waals surface area contributed by atoms with Gasteiger partial charge in [0, 0.05) is 23.5 Å². The predicted octanol–water partition coefficient (Wildman–Crippen LogP) is 6.71. The van der Waals surface area contributed by atoms with E-state index in [4.69, 9.17) is 11.6 Å². The van der Waals surface area contributed by atoms with Crippen molar-refractivity contribution < 1.29 is 18.0 Å². The molecule has 0 aliphatic rings. The van der Waals surface area contributed by atoms with Crippen molar-refractivity contribution in [2.45, 2.75) is 64.1 Å². The molecule has 0 saturated heterocycles. The fourth-order valence-corrected chi connectivity index (χ4v) is 6.48. The van der Waals surface area contributed by atoms with E-state index in [9.17, 15) is 18.0 Å². The van der Waals surface area contributed by atoms with Gasteiger partial charge in [-0.15, -0.1) is 0 Å². The van der Waals surface area contributed by atoms with Gasteiger partial charge in [-0.1, -0.05) is 78.3 Å². The third kappa shape index (κ3) is 8.96. The topological polar surface area (TPSA) is 86.8 Å². The number of carbonyl (C=O) groups excluding carboxylic acids is 2. The molecule has 1 atom stereocenters. The SMILES string of the molecule is Cc1ccc(N(CC(=O)N(Cc2ccc(Cl)cc2)[C@H](Cc2ccccc2)C(=O)NC(C)(C)C)S(=O)(=O)c2ccccc2)cc1C. The van der Waals surface area contributed by atoms with E-state index in [0.717, 1.165) is 26.6 Å². The van der Waals surface area contributed by atoms with E-state index in [0.29, 0.717) is 10.7 Å². The van der Waals surface area contributed by atoms with Gasteiger partial charge in [-0.05, 0) is 93.3 Å². The van der Waals surface area contributed by atoms with Crippen LogP contribution in [0.2, 0.25) is 5.02 Å². The van der Waals surface area contributed by atoms with E-state index < -0.39 is 34.1 Å². The van der Waals surface area contributed by atoms with Crippen LogP contribution in [0.25, 0.3) is 0 Å². The van der Waals surface area contributed by atoms with Crippen molar-refractivity contribution in [1.29, 1.82) is 0 Å². The highest BCUT2D eigenvalue weighted by molar-refractivity contribution is 7.92. The normalized spacial score (nSPS) is 12.3. The van der Waals surface area contributed by atoms with Crippen molar-refractivity contribution >= 4 is 39.1 Å². The van der Waals surface area contributed by atoms with Gasteiger partial charge in [0.25, 0.3) is 10.0 Å². The van der Waals surface area contributed by atoms with Crippen molar-refractivity contribution in [3.8, 4) is 0 Å². The lowest BCUT2D eigenvalue weighted by Crippen LogP contribution is -2.56. The zero-order valence-electron chi connectivity index (χ0n) is 26.3. The molecule has 0 aromatic heterocycles. The van der Waals surface area contributed by atoms with Crippen molar-refractivity contribution in [2.75, 3.05) is 10.8 Å². The Morgan fingerprint density at radius 2 is 1.40 bits per heavy atom. The summed E-state index contributed by atoms with van der Waals surface area (Å²) in [5.74, 6) is -0.856. The molecule has 0 fully saturated rings. The van der Waals surface area contributed by atoms with Gasteiger partial charge in [-0.3, -0.25) is 13.9 Å². The highest BCUT2D eigenvalue weighted by Crippen LogP contribution is 2.27. The van der Waals surface area contributed by atoms with E-state index in [-0.39, 0.29) is 23.8 Å². The maximum absolute atomic E-state index is 14.5. The van der Waals surface area contributed by atoms with Crippen LogP contribution >= 0.6 is 11.6 Å². The van der Waals surface area contributed by atoms with E-state index in [2.05, 4.69) is 5.32 Å². The molecule has 7 nitrogen and oxygen atoms in total. The molecule has 0 saturated carbocycles. The molecular weight excluding hydrogens is 606 g/mol. The smallest absolute Gasteiger partial charge is 0.264 e. The fraction of sp³-hybridized carbons (Fsp3) is 0.278. The number of amides is 2. The first-order valence-electron chi connectivity index (χ1n) is 14.8. The summed E-state index contributed by atoms with van der Waals surface area (Å²) in [6.07, 6.45) is 0.233. The van der Waals surface area contributed by atoms with Crippen LogP contribution in [-0.4, -0.2) is 43.3 Å². The second-order valence-corrected chi connectivity index (χ2v) is 14.5. The Balaban J connectivity index is 1.82. The zero-order chi connectivity index (χ0) is 32.8. The average molecular weight is 646 g/mol. The summed E-state index contributed by atoms with van der Waals surface area (Å²) in [6, 6.07) is 28.9. The van der Waals surface area contributed by atoms with Gasteiger partial charge in [-0.2, -0.15) is 0 Å². The highest BCUT2D eigenvalue weighted by atomic mass is 35.5. The van der Waals surface area contributed by atoms with Gasteiger partial charge >= 0.3 is 0 Å². The Morgan fingerprint density at radius 3 is 1.98 bits per heavy atom. The molecule has 4 aromatic carbocycles. The first-order chi connectivity index (χ1) is 21.2. The molecule has 4 rings (SSSR count). The van der Waals surface area contributed by atoms with Crippen LogP contribution in [-0.2, 0) is 32.6 Å². The molecule has 2 amide bonds. The molecule has 0 unspecified atom stereocenters. The van der Waals surface area contributed by atoms with Gasteiger partial charge in [-0.25, -0.2) is 8.42 Å². The van der Waals surface area contributed by atoms with Crippen LogP contribution in [0, 0.1) is 13.8 Å². The largest absolute Gasteiger partial charge is 0.350 e. The van der Waals surface area contributed by atoms with Gasteiger partial charge < -0.3 is 10.2 Å². The van der Waals surface area contributed by atoms with Crippen molar-refractivity contribution in [3.63, 3.8) is 0 Å². The Bertz CT molecular complexity index is 1720. The van der Waals surface area contributed by atoms with Crippen LogP contribution in [0.15, 0.2) is 108 Å². The molecule has 9 heteroatoms. The predicted molar refractivity (Wildman–Crippen MR) is 181 cm³/mol. The number of nitrogens with zero attached hydrogens (tertiary/aromatic N) is 2. The maximum Gasteiger partial charge on any atom is 0.264 e. The number of nitrogens with one attached hydrogen (secondary N) is 1. The average Bonchev–Trinajstić information content (AvgIpc) is 3.00. The Kier molecular flexibility index (Phi) is 10.7. The number of halogens is 1. The standard InChI is InChI=1S/C36H40ClN3O4S/c1-26-16-21-31(22-27(26)2)40(45(43,44)32-14-10-7-11-15-32)25-34(41)39(24-29-17-19-30(37)20-18-29)33(35(42)38-36(3,4)5)23-28-12-8-6-9-13-28/h6-22,33H,23-25H2,1-5H3,(H,38,42)/t33-/m1/s1. The van der Waals surface area contributed by atoms with Crippen molar-refractivity contribution in [1.82, 2.24) is 10.2 Å². The summed E-state index contributed by atoms with van der Waals surface area (Å²) in [7, 11) is -4.16. The monoisotopic (exact) mass is 645 g/mol. The van der Waals surface area contributed by atoms with Gasteiger partial charge in [0.2, 0.25) is 11.8 Å². The molecule has 0 aliphatic carbocycles. The van der Waals surface area contributed by atoms with E-state index in [1.54, 1.807) is 54.6 Å². The van der Waals surface area contributed by atoms with Gasteiger partial charge in [0.05, 0.1) is 10.6 Å². The zero-order valence-corrected chi connectivity index (χ0v) is 27.9. The van der Waals surface area contributed by atoms with Crippen molar-refractivity contribution in [3.05, 3.63) is 130 Å². The fourth-order valence-electron chi connectivity index (χ4n) is 4.92. The minimum atomic E-state index is -4.16. The molecule has 0 aliphatic heterocycles. The van der Waals surface area contributed by atoms with E-state index in [1.807, 2.05) is 71.0 Å². The van der Waals surface area contributed by atoms with E-state index in [1.165, 1.54) is 17.0 Å². The molecular formula is C36H40ClN3O4S. The number of sulfonamides is 1. The van der Waals surface area contributed by atoms with Gasteiger partial charge in [0.1, 0.15) is 12.6 Å². The molecule has 0 heterocycles. The summed E-state index contributed by atoms with van der Waals surface area (Å²) in [6.45, 7) is 9.03. The lowest BCUT2D eigenvalue weighted by Gasteiger charge is -2.35. The summed E-state index contributed by atoms with van der Waals surface area (Å²) >= 11 is 6.15. The molecule has 1 N–H and O–H groups in total. The number of hydrogen-bond donors (Lipinski definition) is 1. The highest BCUT2D eigenvalue weighted by Gasteiger charge is 2.35. The molecule has 0 spiro atoms. The van der Waals surface area contributed by atoms with E-state index >= 15 is 0 Å². The second kappa shape index (κ2) is 14.3. The van der Waals surface area contributed by atoms with Crippen molar-refractivity contribution in [2.24, 2.45) is 0 Å². The lowest BCUT2D eigenvalue weighted by molar-refractivity contribution is -0.140. The van der Waals surface area contributed by atoms with Crippen LogP contribution < -0.4 is 9.62 Å². The van der Waals surface area contributed by atoms with Crippen LogP contribution in [0.3, 0.4) is 0 Å². The quantitative estimate of drug-likeness (QED) is 0.197.